The third kappa shape index (κ3) is 6.08. The van der Waals surface area contributed by atoms with Crippen molar-refractivity contribution in [2.24, 2.45) is 4.99 Å². The van der Waals surface area contributed by atoms with Gasteiger partial charge in [0.05, 0.1) is 14.2 Å². The first-order valence-corrected chi connectivity index (χ1v) is 7.33. The topological polar surface area (TPSA) is 54.9 Å². The molecule has 1 aromatic rings. The summed E-state index contributed by atoms with van der Waals surface area (Å²) < 4.78 is 10.5. The Morgan fingerprint density at radius 2 is 1.95 bits per heavy atom. The molecule has 0 spiro atoms. The second-order valence-electron chi connectivity index (χ2n) is 3.69. The van der Waals surface area contributed by atoms with Crippen molar-refractivity contribution in [3.8, 4) is 11.5 Å². The molecule has 0 amide bonds. The Labute approximate surface area is 141 Å². The molecule has 0 fully saturated rings. The third-order valence-electron chi connectivity index (χ3n) is 2.47. The normalized spacial score (nSPS) is 10.5. The molecule has 0 aliphatic heterocycles. The minimum atomic E-state index is 0. The number of thioether (sulfide) groups is 1. The Morgan fingerprint density at radius 3 is 2.50 bits per heavy atom. The molecule has 0 saturated heterocycles. The van der Waals surface area contributed by atoms with Crippen molar-refractivity contribution >= 4 is 47.4 Å². The second-order valence-corrected chi connectivity index (χ2v) is 4.67. The first-order valence-electron chi connectivity index (χ1n) is 5.93. The van der Waals surface area contributed by atoms with Gasteiger partial charge in [0.25, 0.3) is 0 Å². The van der Waals surface area contributed by atoms with Gasteiger partial charge in [0.1, 0.15) is 0 Å². The van der Waals surface area contributed by atoms with Gasteiger partial charge in [-0.2, -0.15) is 11.8 Å². The van der Waals surface area contributed by atoms with E-state index in [2.05, 4.69) is 21.9 Å². The molecule has 0 heterocycles. The van der Waals surface area contributed by atoms with E-state index in [0.29, 0.717) is 11.5 Å². The summed E-state index contributed by atoms with van der Waals surface area (Å²) in [6.45, 7) is 0.869. The van der Waals surface area contributed by atoms with Gasteiger partial charge >= 0.3 is 0 Å². The standard InChI is InChI=1S/C13H21N3O2S.HI/c1-14-13(15-7-8-19-4)16-10-5-6-11(17-2)12(9-10)18-3;/h5-6,9H,7-8H2,1-4H3,(H2,14,15,16);1H. The molecule has 0 unspecified atom stereocenters. The fraction of sp³-hybridized carbons (Fsp3) is 0.462. The molecule has 1 rings (SSSR count). The maximum atomic E-state index is 5.26. The lowest BCUT2D eigenvalue weighted by molar-refractivity contribution is 0.355. The molecule has 0 aliphatic rings. The number of hydrogen-bond acceptors (Lipinski definition) is 4. The van der Waals surface area contributed by atoms with Crippen molar-refractivity contribution in [1.82, 2.24) is 5.32 Å². The van der Waals surface area contributed by atoms with E-state index in [0.717, 1.165) is 23.9 Å². The van der Waals surface area contributed by atoms with E-state index in [1.807, 2.05) is 18.2 Å². The minimum absolute atomic E-state index is 0. The van der Waals surface area contributed by atoms with Crippen LogP contribution < -0.4 is 20.1 Å². The second kappa shape index (κ2) is 10.9. The number of rotatable bonds is 6. The van der Waals surface area contributed by atoms with Crippen LogP contribution in [0.4, 0.5) is 5.69 Å². The molecule has 20 heavy (non-hydrogen) atoms. The summed E-state index contributed by atoms with van der Waals surface area (Å²) in [5.74, 6) is 3.17. The first kappa shape index (κ1) is 19.2. The number of hydrogen-bond donors (Lipinski definition) is 2. The van der Waals surface area contributed by atoms with Crippen LogP contribution in [0.2, 0.25) is 0 Å². The van der Waals surface area contributed by atoms with Crippen molar-refractivity contribution in [2.45, 2.75) is 0 Å². The van der Waals surface area contributed by atoms with Gasteiger partial charge in [-0.1, -0.05) is 0 Å². The number of benzene rings is 1. The number of ether oxygens (including phenoxy) is 2. The van der Waals surface area contributed by atoms with Gasteiger partial charge in [0.15, 0.2) is 17.5 Å². The Bertz CT molecular complexity index is 430. The lowest BCUT2D eigenvalue weighted by atomic mass is 10.3. The summed E-state index contributed by atoms with van der Waals surface area (Å²) in [6, 6.07) is 5.65. The van der Waals surface area contributed by atoms with Crippen LogP contribution in [0.15, 0.2) is 23.2 Å². The van der Waals surface area contributed by atoms with Gasteiger partial charge in [-0.25, -0.2) is 0 Å². The number of anilines is 1. The van der Waals surface area contributed by atoms with Crippen LogP contribution in [-0.4, -0.2) is 45.8 Å². The number of guanidine groups is 1. The third-order valence-corrected chi connectivity index (χ3v) is 3.08. The zero-order valence-electron chi connectivity index (χ0n) is 12.2. The van der Waals surface area contributed by atoms with E-state index in [1.54, 1.807) is 33.0 Å². The SMILES string of the molecule is CN=C(NCCSC)Nc1ccc(OC)c(OC)c1.I. The molecule has 1 aromatic carbocycles. The predicted molar refractivity (Wildman–Crippen MR) is 98.3 cm³/mol. The number of aliphatic imine (C=N–C) groups is 1. The maximum Gasteiger partial charge on any atom is 0.195 e. The van der Waals surface area contributed by atoms with Gasteiger partial charge in [0.2, 0.25) is 0 Å². The molecular weight excluding hydrogens is 389 g/mol. The number of nitrogens with one attached hydrogen (secondary N) is 2. The molecule has 0 saturated carbocycles. The number of halogens is 1. The van der Waals surface area contributed by atoms with Gasteiger partial charge in [-0.05, 0) is 18.4 Å². The molecule has 2 N–H and O–H groups in total. The summed E-state index contributed by atoms with van der Waals surface area (Å²) in [5.41, 5.74) is 0.898. The molecule has 0 aromatic heterocycles. The zero-order chi connectivity index (χ0) is 14.1. The fourth-order valence-electron chi connectivity index (χ4n) is 1.50. The molecule has 0 aliphatic carbocycles. The zero-order valence-corrected chi connectivity index (χ0v) is 15.4. The maximum absolute atomic E-state index is 5.26. The van der Waals surface area contributed by atoms with Crippen molar-refractivity contribution in [3.63, 3.8) is 0 Å². The number of nitrogens with zero attached hydrogens (tertiary/aromatic N) is 1. The minimum Gasteiger partial charge on any atom is -0.493 e. The summed E-state index contributed by atoms with van der Waals surface area (Å²) in [7, 11) is 4.98. The Balaban J connectivity index is 0.00000361. The quantitative estimate of drug-likeness (QED) is 0.326. The van der Waals surface area contributed by atoms with E-state index in [-0.39, 0.29) is 24.0 Å². The summed E-state index contributed by atoms with van der Waals surface area (Å²) >= 11 is 1.79. The van der Waals surface area contributed by atoms with Gasteiger partial charge in [-0.3, -0.25) is 4.99 Å². The van der Waals surface area contributed by atoms with Crippen molar-refractivity contribution in [1.29, 1.82) is 0 Å². The van der Waals surface area contributed by atoms with Crippen LogP contribution in [0.5, 0.6) is 11.5 Å². The van der Waals surface area contributed by atoms with Crippen LogP contribution in [0, 0.1) is 0 Å². The molecule has 114 valence electrons. The van der Waals surface area contributed by atoms with Gasteiger partial charge in [-0.15, -0.1) is 24.0 Å². The summed E-state index contributed by atoms with van der Waals surface area (Å²) in [6.07, 6.45) is 2.08. The van der Waals surface area contributed by atoms with Crippen molar-refractivity contribution < 1.29 is 9.47 Å². The van der Waals surface area contributed by atoms with E-state index in [4.69, 9.17) is 9.47 Å². The Hall–Kier alpha value is -0.830. The highest BCUT2D eigenvalue weighted by molar-refractivity contribution is 14.0. The van der Waals surface area contributed by atoms with E-state index in [9.17, 15) is 0 Å². The van der Waals surface area contributed by atoms with Crippen LogP contribution in [0.3, 0.4) is 0 Å². The monoisotopic (exact) mass is 411 g/mol. The molecule has 7 heteroatoms. The highest BCUT2D eigenvalue weighted by atomic mass is 127. The Kier molecular flexibility index (Phi) is 10.4. The summed E-state index contributed by atoms with van der Waals surface area (Å²) in [5, 5.41) is 6.44. The van der Waals surface area contributed by atoms with Gasteiger partial charge in [0, 0.05) is 31.1 Å². The molecule has 0 bridgehead atoms. The highest BCUT2D eigenvalue weighted by Gasteiger charge is 2.05. The predicted octanol–water partition coefficient (Wildman–Crippen LogP) is 2.67. The smallest absolute Gasteiger partial charge is 0.195 e. The van der Waals surface area contributed by atoms with E-state index < -0.39 is 0 Å². The van der Waals surface area contributed by atoms with Crippen molar-refractivity contribution in [2.75, 3.05) is 45.1 Å². The molecule has 5 nitrogen and oxygen atoms in total. The highest BCUT2D eigenvalue weighted by Crippen LogP contribution is 2.29. The average Bonchev–Trinajstić information content (AvgIpc) is 2.46. The lowest BCUT2D eigenvalue weighted by Gasteiger charge is -2.13. The molecule has 0 atom stereocenters. The van der Waals surface area contributed by atoms with E-state index in [1.165, 1.54) is 0 Å². The van der Waals surface area contributed by atoms with Crippen LogP contribution in [-0.2, 0) is 0 Å². The first-order chi connectivity index (χ1) is 9.24. The average molecular weight is 411 g/mol. The summed E-state index contributed by atoms with van der Waals surface area (Å²) in [4.78, 5) is 4.17. The van der Waals surface area contributed by atoms with E-state index >= 15 is 0 Å². The van der Waals surface area contributed by atoms with Gasteiger partial charge < -0.3 is 20.1 Å². The van der Waals surface area contributed by atoms with Crippen LogP contribution >= 0.6 is 35.7 Å². The fourth-order valence-corrected chi connectivity index (χ4v) is 1.81. The Morgan fingerprint density at radius 1 is 1.25 bits per heavy atom. The van der Waals surface area contributed by atoms with Crippen LogP contribution in [0.1, 0.15) is 0 Å². The molecular formula is C13H22IN3O2S. The molecule has 0 radical (unpaired) electrons. The van der Waals surface area contributed by atoms with Crippen molar-refractivity contribution in [3.05, 3.63) is 18.2 Å². The van der Waals surface area contributed by atoms with Crippen LogP contribution in [0.25, 0.3) is 0 Å². The lowest BCUT2D eigenvalue weighted by Crippen LogP contribution is -2.32. The largest absolute Gasteiger partial charge is 0.493 e. The number of methoxy groups -OCH3 is 2.